The maximum atomic E-state index is 11.4. The highest BCUT2D eigenvalue weighted by Crippen LogP contribution is 2.05. The summed E-state index contributed by atoms with van der Waals surface area (Å²) in [5.41, 5.74) is 5.57. The molecule has 2 unspecified atom stereocenters. The molecule has 0 saturated heterocycles. The van der Waals surface area contributed by atoms with Crippen molar-refractivity contribution in [3.05, 3.63) is 24.8 Å². The first kappa shape index (κ1) is 13.6. The van der Waals surface area contributed by atoms with Crippen LogP contribution in [-0.2, 0) is 14.3 Å². The molecule has 0 amide bonds. The maximum Gasteiger partial charge on any atom is 0.323 e. The van der Waals surface area contributed by atoms with Crippen molar-refractivity contribution in [2.45, 2.75) is 19.9 Å². The molecule has 0 aliphatic heterocycles. The highest BCUT2D eigenvalue weighted by molar-refractivity contribution is 5.95. The molecule has 0 rings (SSSR count). The smallest absolute Gasteiger partial charge is 0.323 e. The molecule has 0 aromatic rings. The molecule has 0 heterocycles. The van der Waals surface area contributed by atoms with E-state index < -0.39 is 17.9 Å². The van der Waals surface area contributed by atoms with Gasteiger partial charge < -0.3 is 10.5 Å². The number of hydrogen-bond donors (Lipinski definition) is 1. The summed E-state index contributed by atoms with van der Waals surface area (Å²) < 4.78 is 4.74. The van der Waals surface area contributed by atoms with E-state index >= 15 is 0 Å². The lowest BCUT2D eigenvalue weighted by Gasteiger charge is -2.15. The summed E-state index contributed by atoms with van der Waals surface area (Å²) in [5.74, 6) is -1.33. The van der Waals surface area contributed by atoms with Crippen molar-refractivity contribution < 1.29 is 14.3 Å². The number of rotatable bonds is 6. The van der Waals surface area contributed by atoms with Gasteiger partial charge in [-0.15, -0.1) is 0 Å². The first-order valence-corrected chi connectivity index (χ1v) is 4.74. The number of carbonyl (C=O) groups excluding carboxylic acids is 2. The van der Waals surface area contributed by atoms with Crippen LogP contribution in [-0.4, -0.2) is 24.4 Å². The molecule has 2 N–H and O–H groups in total. The van der Waals surface area contributed by atoms with Crippen LogP contribution in [0.1, 0.15) is 13.8 Å². The molecule has 0 aromatic carbocycles. The van der Waals surface area contributed by atoms with Crippen molar-refractivity contribution >= 4 is 11.8 Å². The molecule has 0 spiro atoms. The zero-order valence-electron chi connectivity index (χ0n) is 9.10. The van der Waals surface area contributed by atoms with Crippen LogP contribution in [0.3, 0.4) is 0 Å². The quantitative estimate of drug-likeness (QED) is 0.401. The van der Waals surface area contributed by atoms with Gasteiger partial charge in [0.05, 0.1) is 0 Å². The van der Waals surface area contributed by atoms with Gasteiger partial charge in [-0.2, -0.15) is 0 Å². The lowest BCUT2D eigenvalue weighted by molar-refractivity contribution is -0.146. The molecule has 4 heteroatoms. The first-order chi connectivity index (χ1) is 7.04. The van der Waals surface area contributed by atoms with E-state index in [1.54, 1.807) is 19.9 Å². The number of nitrogens with two attached hydrogens (primary N) is 1. The average molecular weight is 211 g/mol. The Balaban J connectivity index is 4.29. The van der Waals surface area contributed by atoms with Crippen LogP contribution >= 0.6 is 0 Å². The molecular formula is C11H17NO3. The van der Waals surface area contributed by atoms with Crippen LogP contribution < -0.4 is 5.73 Å². The summed E-state index contributed by atoms with van der Waals surface area (Å²) in [6.07, 6.45) is 4.45. The van der Waals surface area contributed by atoms with Gasteiger partial charge in [-0.3, -0.25) is 9.59 Å². The molecule has 15 heavy (non-hydrogen) atoms. The number of ether oxygens (including phenoxy) is 1. The van der Waals surface area contributed by atoms with Crippen molar-refractivity contribution in [3.8, 4) is 0 Å². The van der Waals surface area contributed by atoms with Crippen LogP contribution in [0.15, 0.2) is 24.8 Å². The van der Waals surface area contributed by atoms with Crippen molar-refractivity contribution in [3.63, 3.8) is 0 Å². The molecule has 84 valence electrons. The van der Waals surface area contributed by atoms with E-state index in [2.05, 4.69) is 6.58 Å². The molecule has 0 aromatic heterocycles. The second-order valence-corrected chi connectivity index (χ2v) is 3.14. The van der Waals surface area contributed by atoms with E-state index in [1.807, 2.05) is 0 Å². The molecule has 2 atom stereocenters. The maximum absolute atomic E-state index is 11.4. The minimum Gasteiger partial charge on any atom is -0.460 e. The van der Waals surface area contributed by atoms with Crippen molar-refractivity contribution in [2.75, 3.05) is 6.61 Å². The topological polar surface area (TPSA) is 69.4 Å². The minimum atomic E-state index is -0.923. The molecule has 0 radical (unpaired) electrons. The summed E-state index contributed by atoms with van der Waals surface area (Å²) in [7, 11) is 0. The predicted molar refractivity (Wildman–Crippen MR) is 58.1 cm³/mol. The van der Waals surface area contributed by atoms with E-state index in [4.69, 9.17) is 10.5 Å². The Hall–Kier alpha value is -1.42. The van der Waals surface area contributed by atoms with Gasteiger partial charge in [-0.1, -0.05) is 25.7 Å². The molecule has 0 aliphatic carbocycles. The normalized spacial score (nSPS) is 14.6. The molecular weight excluding hydrogens is 194 g/mol. The van der Waals surface area contributed by atoms with Crippen LogP contribution in [0.2, 0.25) is 0 Å². The third kappa shape index (κ3) is 4.56. The van der Waals surface area contributed by atoms with Crippen LogP contribution in [0, 0.1) is 5.92 Å². The zero-order chi connectivity index (χ0) is 11.8. The standard InChI is InChI=1S/C11H17NO3/c1-4-6-9(13)8(3)10(12)11(14)15-7-5-2/h4-6,8,10H,2,7,12H2,1,3H3. The molecule has 0 aliphatic rings. The van der Waals surface area contributed by atoms with Crippen molar-refractivity contribution in [2.24, 2.45) is 11.7 Å². The van der Waals surface area contributed by atoms with E-state index in [0.717, 1.165) is 0 Å². The zero-order valence-corrected chi connectivity index (χ0v) is 9.10. The second-order valence-electron chi connectivity index (χ2n) is 3.14. The van der Waals surface area contributed by atoms with Crippen LogP contribution in [0.4, 0.5) is 0 Å². The van der Waals surface area contributed by atoms with Gasteiger partial charge in [-0.05, 0) is 13.0 Å². The number of hydrogen-bond acceptors (Lipinski definition) is 4. The average Bonchev–Trinajstić information content (AvgIpc) is 2.24. The van der Waals surface area contributed by atoms with Crippen molar-refractivity contribution in [1.29, 1.82) is 0 Å². The first-order valence-electron chi connectivity index (χ1n) is 4.74. The molecule has 0 saturated carbocycles. The lowest BCUT2D eigenvalue weighted by atomic mass is 9.97. The van der Waals surface area contributed by atoms with Crippen LogP contribution in [0.25, 0.3) is 0 Å². The summed E-state index contributed by atoms with van der Waals surface area (Å²) in [6, 6.07) is -0.923. The second kappa shape index (κ2) is 6.95. The van der Waals surface area contributed by atoms with Gasteiger partial charge in [0.1, 0.15) is 12.6 Å². The van der Waals surface area contributed by atoms with Crippen LogP contribution in [0.5, 0.6) is 0 Å². The fourth-order valence-electron chi connectivity index (χ4n) is 0.934. The third-order valence-electron chi connectivity index (χ3n) is 1.93. The SMILES string of the molecule is C=CCOC(=O)C(N)C(C)C(=O)C=CC. The Labute approximate surface area is 89.8 Å². The highest BCUT2D eigenvalue weighted by Gasteiger charge is 2.26. The largest absolute Gasteiger partial charge is 0.460 e. The Bertz CT molecular complexity index is 271. The van der Waals surface area contributed by atoms with Gasteiger partial charge in [0, 0.05) is 5.92 Å². The van der Waals surface area contributed by atoms with E-state index in [9.17, 15) is 9.59 Å². The Morgan fingerprint density at radius 1 is 1.53 bits per heavy atom. The van der Waals surface area contributed by atoms with Gasteiger partial charge in [0.25, 0.3) is 0 Å². The number of ketones is 1. The fraction of sp³-hybridized carbons (Fsp3) is 0.455. The Morgan fingerprint density at radius 2 is 2.13 bits per heavy atom. The summed E-state index contributed by atoms with van der Waals surface area (Å²) in [4.78, 5) is 22.6. The molecule has 0 fully saturated rings. The van der Waals surface area contributed by atoms with Gasteiger partial charge >= 0.3 is 5.97 Å². The molecule has 0 bridgehead atoms. The highest BCUT2D eigenvalue weighted by atomic mass is 16.5. The van der Waals surface area contributed by atoms with Crippen molar-refractivity contribution in [1.82, 2.24) is 0 Å². The Kier molecular flexibility index (Phi) is 6.29. The Morgan fingerprint density at radius 3 is 2.60 bits per heavy atom. The summed E-state index contributed by atoms with van der Waals surface area (Å²) in [5, 5.41) is 0. The molecule has 4 nitrogen and oxygen atoms in total. The monoisotopic (exact) mass is 211 g/mol. The number of esters is 1. The third-order valence-corrected chi connectivity index (χ3v) is 1.93. The van der Waals surface area contributed by atoms with Gasteiger partial charge in [0.15, 0.2) is 5.78 Å². The van der Waals surface area contributed by atoms with E-state index in [1.165, 1.54) is 12.2 Å². The minimum absolute atomic E-state index is 0.108. The predicted octanol–water partition coefficient (Wildman–Crippen LogP) is 0.824. The fourth-order valence-corrected chi connectivity index (χ4v) is 0.934. The summed E-state index contributed by atoms with van der Waals surface area (Å²) in [6.45, 7) is 6.84. The van der Waals surface area contributed by atoms with Gasteiger partial charge in [0.2, 0.25) is 0 Å². The number of allylic oxidation sites excluding steroid dienone is 2. The number of carbonyl (C=O) groups is 2. The summed E-state index contributed by atoms with van der Waals surface area (Å²) >= 11 is 0. The van der Waals surface area contributed by atoms with Gasteiger partial charge in [-0.25, -0.2) is 0 Å². The van der Waals surface area contributed by atoms with E-state index in [0.29, 0.717) is 0 Å². The lowest BCUT2D eigenvalue weighted by Crippen LogP contribution is -2.41. The van der Waals surface area contributed by atoms with E-state index in [-0.39, 0.29) is 12.4 Å².